The molecule has 2 aromatic rings. The summed E-state index contributed by atoms with van der Waals surface area (Å²) in [6.45, 7) is 2.45. The van der Waals surface area contributed by atoms with Crippen LogP contribution >= 0.6 is 0 Å². The molecule has 1 aliphatic heterocycles. The van der Waals surface area contributed by atoms with Gasteiger partial charge < -0.3 is 34.7 Å². The largest absolute Gasteiger partial charge is 0.484 e. The molecule has 1 aliphatic carbocycles. The molecule has 10 nitrogen and oxygen atoms in total. The minimum absolute atomic E-state index is 0.147. The first-order valence-electron chi connectivity index (χ1n) is 12.5. The molecule has 1 fully saturated rings. The molecule has 4 rings (SSSR count). The Morgan fingerprint density at radius 3 is 2.44 bits per heavy atom. The lowest BCUT2D eigenvalue weighted by Crippen LogP contribution is -2.56. The first-order chi connectivity index (χ1) is 17.1. The zero-order chi connectivity index (χ0) is 26.0. The Morgan fingerprint density at radius 1 is 1.06 bits per heavy atom. The molecular weight excluding hydrogens is 472 g/mol. The van der Waals surface area contributed by atoms with Gasteiger partial charge in [-0.3, -0.25) is 4.79 Å². The van der Waals surface area contributed by atoms with Crippen LogP contribution in [-0.2, 0) is 16.2 Å². The molecular formula is C26H36O10. The maximum atomic E-state index is 12.5. The van der Waals surface area contributed by atoms with Gasteiger partial charge in [0.25, 0.3) is 0 Å². The average molecular weight is 509 g/mol. The number of rotatable bonds is 9. The van der Waals surface area contributed by atoms with Crippen LogP contribution in [0.2, 0.25) is 0 Å². The first-order valence-corrected chi connectivity index (χ1v) is 12.5. The van der Waals surface area contributed by atoms with Gasteiger partial charge in [0.05, 0.1) is 12.0 Å². The average Bonchev–Trinajstić information content (AvgIpc) is 2.87. The molecule has 1 aromatic heterocycles. The molecule has 6 atom stereocenters. The van der Waals surface area contributed by atoms with Crippen molar-refractivity contribution >= 4 is 11.0 Å². The fourth-order valence-corrected chi connectivity index (χ4v) is 5.31. The Labute approximate surface area is 209 Å². The maximum Gasteiger partial charge on any atom is 0.192 e. The quantitative estimate of drug-likeness (QED) is 0.245. The van der Waals surface area contributed by atoms with Gasteiger partial charge in [-0.25, -0.2) is 9.78 Å². The van der Waals surface area contributed by atoms with Crippen LogP contribution in [-0.4, -0.2) is 74.9 Å². The number of ether oxygens (including phenoxy) is 1. The summed E-state index contributed by atoms with van der Waals surface area (Å²) in [4.78, 5) is 23.6. The summed E-state index contributed by atoms with van der Waals surface area (Å²) in [7, 11) is 0. The van der Waals surface area contributed by atoms with E-state index in [1.165, 1.54) is 6.07 Å². The van der Waals surface area contributed by atoms with Gasteiger partial charge in [0.2, 0.25) is 0 Å². The van der Waals surface area contributed by atoms with Crippen LogP contribution in [0.25, 0.3) is 11.0 Å². The molecule has 5 N–H and O–H groups in total. The second kappa shape index (κ2) is 11.1. The highest BCUT2D eigenvalue weighted by atomic mass is 17.2. The van der Waals surface area contributed by atoms with Crippen LogP contribution in [0.1, 0.15) is 50.4 Å². The SMILES string of the molecule is Cc1cc(=O)c2cc3c(cc2o1)OC(C)(C1CCCCC1)C(OOCC(O)C(O)C(O)C(O)CO)C3. The van der Waals surface area contributed by atoms with E-state index in [0.717, 1.165) is 37.7 Å². The third-order valence-electron chi connectivity index (χ3n) is 7.57. The lowest BCUT2D eigenvalue weighted by Gasteiger charge is -2.47. The Hall–Kier alpha value is -2.05. The number of aliphatic hydroxyl groups is 5. The van der Waals surface area contributed by atoms with E-state index in [1.807, 2.05) is 6.92 Å². The van der Waals surface area contributed by atoms with E-state index < -0.39 is 49.3 Å². The van der Waals surface area contributed by atoms with Crippen molar-refractivity contribution in [3.8, 4) is 5.75 Å². The molecule has 0 radical (unpaired) electrons. The molecule has 10 heteroatoms. The van der Waals surface area contributed by atoms with E-state index in [-0.39, 0.29) is 11.3 Å². The Kier molecular flexibility index (Phi) is 8.35. The summed E-state index contributed by atoms with van der Waals surface area (Å²) < 4.78 is 12.3. The number of hydrogen-bond acceptors (Lipinski definition) is 10. The molecule has 0 bridgehead atoms. The van der Waals surface area contributed by atoms with Crippen LogP contribution in [0.4, 0.5) is 0 Å². The number of aliphatic hydroxyl groups excluding tert-OH is 5. The fourth-order valence-electron chi connectivity index (χ4n) is 5.31. The summed E-state index contributed by atoms with van der Waals surface area (Å²) >= 11 is 0. The zero-order valence-corrected chi connectivity index (χ0v) is 20.6. The lowest BCUT2D eigenvalue weighted by molar-refractivity contribution is -0.364. The van der Waals surface area contributed by atoms with Crippen LogP contribution in [0, 0.1) is 12.8 Å². The molecule has 2 heterocycles. The van der Waals surface area contributed by atoms with E-state index in [2.05, 4.69) is 0 Å². The second-order valence-electron chi connectivity index (χ2n) is 10.2. The van der Waals surface area contributed by atoms with Crippen molar-refractivity contribution in [2.75, 3.05) is 13.2 Å². The predicted octanol–water partition coefficient (Wildman–Crippen LogP) is 1.13. The molecule has 200 valence electrons. The molecule has 36 heavy (non-hydrogen) atoms. The van der Waals surface area contributed by atoms with Gasteiger partial charge in [-0.1, -0.05) is 19.3 Å². The van der Waals surface area contributed by atoms with Crippen LogP contribution in [0.3, 0.4) is 0 Å². The van der Waals surface area contributed by atoms with Crippen molar-refractivity contribution in [1.29, 1.82) is 0 Å². The molecule has 1 saturated carbocycles. The van der Waals surface area contributed by atoms with E-state index in [0.29, 0.717) is 28.9 Å². The Morgan fingerprint density at radius 2 is 1.75 bits per heavy atom. The van der Waals surface area contributed by atoms with Gasteiger partial charge >= 0.3 is 0 Å². The second-order valence-corrected chi connectivity index (χ2v) is 10.2. The van der Waals surface area contributed by atoms with Crippen LogP contribution in [0.5, 0.6) is 5.75 Å². The van der Waals surface area contributed by atoms with E-state index in [9.17, 15) is 25.2 Å². The number of benzene rings is 1. The summed E-state index contributed by atoms with van der Waals surface area (Å²) in [5, 5.41) is 48.9. The minimum Gasteiger partial charge on any atom is -0.484 e. The molecule has 0 amide bonds. The van der Waals surface area contributed by atoms with Gasteiger partial charge in [0.1, 0.15) is 59.8 Å². The standard InChI is InChI=1S/C26H36O10/c1-14-8-18(28)17-9-15-10-23(36-33-13-20(30)25(32)24(31)19(29)12-27)26(2,16-6-4-3-5-7-16)35-21(15)11-22(17)34-14/h8-9,11,16,19-20,23-25,27,29-32H,3-7,10,12-13H2,1-2H3. The Balaban J connectivity index is 1.55. The van der Waals surface area contributed by atoms with Crippen molar-refractivity contribution in [3.05, 3.63) is 39.7 Å². The normalized spacial score (nSPS) is 26.1. The fraction of sp³-hybridized carbons (Fsp3) is 0.654. The number of aryl methyl sites for hydroxylation is 1. The van der Waals surface area contributed by atoms with E-state index in [1.54, 1.807) is 19.1 Å². The van der Waals surface area contributed by atoms with Gasteiger partial charge in [-0.2, -0.15) is 0 Å². The molecule has 0 spiro atoms. The lowest BCUT2D eigenvalue weighted by atomic mass is 9.72. The summed E-state index contributed by atoms with van der Waals surface area (Å²) in [6, 6.07) is 4.94. The zero-order valence-electron chi connectivity index (χ0n) is 20.6. The van der Waals surface area contributed by atoms with Crippen molar-refractivity contribution in [2.45, 2.75) is 88.5 Å². The Bertz CT molecular complexity index is 1090. The smallest absolute Gasteiger partial charge is 0.192 e. The summed E-state index contributed by atoms with van der Waals surface area (Å²) in [5.41, 5.74) is 0.316. The highest BCUT2D eigenvalue weighted by molar-refractivity contribution is 5.79. The van der Waals surface area contributed by atoms with Gasteiger partial charge in [0.15, 0.2) is 5.43 Å². The maximum absolute atomic E-state index is 12.5. The molecule has 1 aromatic carbocycles. The number of hydrogen-bond donors (Lipinski definition) is 5. The van der Waals surface area contributed by atoms with Crippen LogP contribution < -0.4 is 10.2 Å². The van der Waals surface area contributed by atoms with Crippen molar-refractivity contribution in [3.63, 3.8) is 0 Å². The molecule has 2 aliphatic rings. The van der Waals surface area contributed by atoms with Crippen molar-refractivity contribution in [1.82, 2.24) is 0 Å². The predicted molar refractivity (Wildman–Crippen MR) is 128 cm³/mol. The summed E-state index contributed by atoms with van der Waals surface area (Å²) in [5.74, 6) is 1.33. The van der Waals surface area contributed by atoms with E-state index in [4.69, 9.17) is 24.0 Å². The van der Waals surface area contributed by atoms with Gasteiger partial charge in [0, 0.05) is 24.5 Å². The van der Waals surface area contributed by atoms with Gasteiger partial charge in [-0.15, -0.1) is 0 Å². The highest BCUT2D eigenvalue weighted by Gasteiger charge is 2.49. The first kappa shape index (κ1) is 27.0. The topological polar surface area (TPSA) is 159 Å². The summed E-state index contributed by atoms with van der Waals surface area (Å²) in [6.07, 6.45) is -1.66. The van der Waals surface area contributed by atoms with E-state index >= 15 is 0 Å². The third-order valence-corrected chi connectivity index (χ3v) is 7.57. The van der Waals surface area contributed by atoms with Gasteiger partial charge in [-0.05, 0) is 38.3 Å². The monoisotopic (exact) mass is 508 g/mol. The molecule has 6 unspecified atom stereocenters. The number of fused-ring (bicyclic) bond motifs is 2. The third kappa shape index (κ3) is 5.45. The van der Waals surface area contributed by atoms with Crippen molar-refractivity contribution in [2.24, 2.45) is 5.92 Å². The minimum atomic E-state index is -1.75. The van der Waals surface area contributed by atoms with Crippen LogP contribution in [0.15, 0.2) is 27.4 Å². The van der Waals surface area contributed by atoms with Crippen molar-refractivity contribution < 1.29 is 44.5 Å². The molecule has 0 saturated heterocycles. The highest BCUT2D eigenvalue weighted by Crippen LogP contribution is 2.45.